The highest BCUT2D eigenvalue weighted by molar-refractivity contribution is 5.28. The molecule has 1 unspecified atom stereocenters. The lowest BCUT2D eigenvalue weighted by Crippen LogP contribution is -2.25. The summed E-state index contributed by atoms with van der Waals surface area (Å²) in [4.78, 5) is 0. The zero-order valence-corrected chi connectivity index (χ0v) is 11.3. The van der Waals surface area contributed by atoms with E-state index in [1.165, 1.54) is 24.8 Å². The summed E-state index contributed by atoms with van der Waals surface area (Å²) in [5.74, 6) is 0.966. The summed E-state index contributed by atoms with van der Waals surface area (Å²) in [7, 11) is 0. The molecule has 2 heteroatoms. The molecule has 0 saturated heterocycles. The first-order chi connectivity index (χ1) is 8.26. The van der Waals surface area contributed by atoms with Crippen LogP contribution in [0.5, 0.6) is 5.75 Å². The number of nitrogens with one attached hydrogen (secondary N) is 1. The summed E-state index contributed by atoms with van der Waals surface area (Å²) in [6.07, 6.45) is 3.82. The molecule has 1 atom stereocenters. The minimum absolute atomic E-state index is 0.589. The Morgan fingerprint density at radius 2 is 2.12 bits per heavy atom. The van der Waals surface area contributed by atoms with Crippen LogP contribution >= 0.6 is 0 Å². The molecule has 0 aromatic heterocycles. The molecule has 0 heterocycles. The van der Waals surface area contributed by atoms with E-state index in [0.29, 0.717) is 6.04 Å². The van der Waals surface area contributed by atoms with Crippen molar-refractivity contribution in [3.63, 3.8) is 0 Å². The molecule has 17 heavy (non-hydrogen) atoms. The second-order valence-electron chi connectivity index (χ2n) is 4.50. The predicted molar refractivity (Wildman–Crippen MR) is 73.4 cm³/mol. The van der Waals surface area contributed by atoms with Crippen LogP contribution < -0.4 is 10.1 Å². The normalized spacial score (nSPS) is 12.4. The zero-order valence-electron chi connectivity index (χ0n) is 11.3. The smallest absolute Gasteiger partial charge is 0.119 e. The van der Waals surface area contributed by atoms with Gasteiger partial charge in [0.25, 0.3) is 0 Å². The fourth-order valence-electron chi connectivity index (χ4n) is 1.82. The monoisotopic (exact) mass is 235 g/mol. The zero-order chi connectivity index (χ0) is 12.5. The Bertz CT molecular complexity index is 312. The van der Waals surface area contributed by atoms with Crippen molar-refractivity contribution >= 4 is 0 Å². The van der Waals surface area contributed by atoms with E-state index in [1.54, 1.807) is 0 Å². The maximum Gasteiger partial charge on any atom is 0.119 e. The Labute approximate surface area is 105 Å². The average molecular weight is 235 g/mol. The molecule has 0 radical (unpaired) electrons. The molecule has 1 rings (SSSR count). The summed E-state index contributed by atoms with van der Waals surface area (Å²) in [5, 5.41) is 3.55. The van der Waals surface area contributed by atoms with Gasteiger partial charge in [-0.3, -0.25) is 0 Å². The summed E-state index contributed by atoms with van der Waals surface area (Å²) in [6, 6.07) is 8.91. The minimum atomic E-state index is 0.589. The Hall–Kier alpha value is -1.02. The standard InChI is InChI=1S/C15H25NO/c1-4-6-8-13(3)16-12-14-9-7-10-15(11-14)17-5-2/h7,9-11,13,16H,4-6,8,12H2,1-3H3. The van der Waals surface area contributed by atoms with Gasteiger partial charge in [0.15, 0.2) is 0 Å². The first-order valence-corrected chi connectivity index (χ1v) is 6.71. The minimum Gasteiger partial charge on any atom is -0.494 e. The van der Waals surface area contributed by atoms with Crippen LogP contribution in [0.25, 0.3) is 0 Å². The molecule has 1 aromatic carbocycles. The molecule has 2 nitrogen and oxygen atoms in total. The maximum atomic E-state index is 5.49. The van der Waals surface area contributed by atoms with Crippen molar-refractivity contribution in [3.05, 3.63) is 29.8 Å². The first kappa shape index (κ1) is 14.0. The van der Waals surface area contributed by atoms with Crippen LogP contribution in [-0.2, 0) is 6.54 Å². The molecule has 0 amide bonds. The Morgan fingerprint density at radius 3 is 2.82 bits per heavy atom. The Balaban J connectivity index is 2.37. The quantitative estimate of drug-likeness (QED) is 0.741. The van der Waals surface area contributed by atoms with E-state index in [1.807, 2.05) is 13.0 Å². The number of rotatable bonds is 8. The number of ether oxygens (including phenoxy) is 1. The summed E-state index contributed by atoms with van der Waals surface area (Å²) < 4.78 is 5.49. The first-order valence-electron chi connectivity index (χ1n) is 6.71. The van der Waals surface area contributed by atoms with Gasteiger partial charge in [0.05, 0.1) is 6.61 Å². The van der Waals surface area contributed by atoms with Gasteiger partial charge in [-0.25, -0.2) is 0 Å². The fraction of sp³-hybridized carbons (Fsp3) is 0.600. The number of hydrogen-bond acceptors (Lipinski definition) is 2. The summed E-state index contributed by atoms with van der Waals surface area (Å²) in [6.45, 7) is 8.15. The van der Waals surface area contributed by atoms with Crippen LogP contribution in [0.15, 0.2) is 24.3 Å². The van der Waals surface area contributed by atoms with E-state index in [-0.39, 0.29) is 0 Å². The highest BCUT2D eigenvalue weighted by Crippen LogP contribution is 2.13. The lowest BCUT2D eigenvalue weighted by atomic mass is 10.1. The second-order valence-corrected chi connectivity index (χ2v) is 4.50. The van der Waals surface area contributed by atoms with Gasteiger partial charge in [-0.1, -0.05) is 31.9 Å². The van der Waals surface area contributed by atoms with Crippen molar-refractivity contribution in [2.75, 3.05) is 6.61 Å². The molecular formula is C15H25NO. The summed E-state index contributed by atoms with van der Waals surface area (Å²) in [5.41, 5.74) is 1.29. The summed E-state index contributed by atoms with van der Waals surface area (Å²) >= 11 is 0. The Kier molecular flexibility index (Phi) is 6.71. The average Bonchev–Trinajstić information content (AvgIpc) is 2.35. The fourth-order valence-corrected chi connectivity index (χ4v) is 1.82. The molecule has 0 aliphatic heterocycles. The Morgan fingerprint density at radius 1 is 1.29 bits per heavy atom. The number of unbranched alkanes of at least 4 members (excludes halogenated alkanes) is 1. The van der Waals surface area contributed by atoms with Gasteiger partial charge >= 0.3 is 0 Å². The van der Waals surface area contributed by atoms with Crippen molar-refractivity contribution in [3.8, 4) is 5.75 Å². The van der Waals surface area contributed by atoms with Gasteiger partial charge in [-0.15, -0.1) is 0 Å². The largest absolute Gasteiger partial charge is 0.494 e. The van der Waals surface area contributed by atoms with E-state index in [9.17, 15) is 0 Å². The van der Waals surface area contributed by atoms with Crippen LogP contribution in [0.1, 0.15) is 45.6 Å². The molecule has 0 aliphatic rings. The SMILES string of the molecule is CCCCC(C)NCc1cccc(OCC)c1. The number of hydrogen-bond donors (Lipinski definition) is 1. The van der Waals surface area contributed by atoms with E-state index in [2.05, 4.69) is 37.4 Å². The van der Waals surface area contributed by atoms with Crippen molar-refractivity contribution in [2.24, 2.45) is 0 Å². The van der Waals surface area contributed by atoms with Crippen LogP contribution in [0, 0.1) is 0 Å². The second kappa shape index (κ2) is 8.13. The maximum absolute atomic E-state index is 5.49. The molecule has 1 N–H and O–H groups in total. The lowest BCUT2D eigenvalue weighted by Gasteiger charge is -2.13. The van der Waals surface area contributed by atoms with Gasteiger partial charge < -0.3 is 10.1 Å². The lowest BCUT2D eigenvalue weighted by molar-refractivity contribution is 0.339. The molecule has 0 bridgehead atoms. The van der Waals surface area contributed by atoms with Crippen molar-refractivity contribution in [2.45, 2.75) is 52.6 Å². The molecule has 96 valence electrons. The molecular weight excluding hydrogens is 210 g/mol. The molecule has 0 saturated carbocycles. The van der Waals surface area contributed by atoms with E-state index in [0.717, 1.165) is 18.9 Å². The van der Waals surface area contributed by atoms with Gasteiger partial charge in [-0.2, -0.15) is 0 Å². The van der Waals surface area contributed by atoms with Crippen LogP contribution in [-0.4, -0.2) is 12.6 Å². The molecule has 0 fully saturated rings. The third-order valence-corrected chi connectivity index (χ3v) is 2.85. The van der Waals surface area contributed by atoms with Crippen molar-refractivity contribution < 1.29 is 4.74 Å². The van der Waals surface area contributed by atoms with Crippen LogP contribution in [0.2, 0.25) is 0 Å². The molecule has 1 aromatic rings. The van der Waals surface area contributed by atoms with E-state index >= 15 is 0 Å². The van der Waals surface area contributed by atoms with Crippen molar-refractivity contribution in [1.29, 1.82) is 0 Å². The third-order valence-electron chi connectivity index (χ3n) is 2.85. The molecule has 0 aliphatic carbocycles. The molecule has 0 spiro atoms. The highest BCUT2D eigenvalue weighted by Gasteiger charge is 2.01. The number of benzene rings is 1. The van der Waals surface area contributed by atoms with Crippen molar-refractivity contribution in [1.82, 2.24) is 5.32 Å². The van der Waals surface area contributed by atoms with Crippen LogP contribution in [0.3, 0.4) is 0 Å². The topological polar surface area (TPSA) is 21.3 Å². The highest BCUT2D eigenvalue weighted by atomic mass is 16.5. The van der Waals surface area contributed by atoms with E-state index < -0.39 is 0 Å². The predicted octanol–water partition coefficient (Wildman–Crippen LogP) is 3.75. The van der Waals surface area contributed by atoms with Crippen LogP contribution in [0.4, 0.5) is 0 Å². The third kappa shape index (κ3) is 5.73. The van der Waals surface area contributed by atoms with E-state index in [4.69, 9.17) is 4.74 Å². The van der Waals surface area contributed by atoms with Gasteiger partial charge in [0.2, 0.25) is 0 Å². The van der Waals surface area contributed by atoms with Gasteiger partial charge in [-0.05, 0) is 38.0 Å². The van der Waals surface area contributed by atoms with Gasteiger partial charge in [0, 0.05) is 12.6 Å². The van der Waals surface area contributed by atoms with Gasteiger partial charge in [0.1, 0.15) is 5.75 Å².